The van der Waals surface area contributed by atoms with Gasteiger partial charge in [-0.3, -0.25) is 14.8 Å². The van der Waals surface area contributed by atoms with E-state index in [9.17, 15) is 13.2 Å². The SMILES string of the molecule is Cc1ccc(C(=O)Nc2nnc(S(=O)(=O)Nc3ccccc3Sc3ccccc3)s2)cc1. The minimum absolute atomic E-state index is 0.0999. The molecule has 1 amide bonds. The summed E-state index contributed by atoms with van der Waals surface area (Å²) in [4.78, 5) is 14.1. The van der Waals surface area contributed by atoms with Crippen molar-refractivity contribution < 1.29 is 13.2 Å². The van der Waals surface area contributed by atoms with Crippen molar-refractivity contribution in [2.24, 2.45) is 0 Å². The molecule has 0 saturated heterocycles. The lowest BCUT2D eigenvalue weighted by Gasteiger charge is -2.10. The Labute approximate surface area is 194 Å². The first-order chi connectivity index (χ1) is 15.4. The van der Waals surface area contributed by atoms with Gasteiger partial charge in [0, 0.05) is 15.4 Å². The number of rotatable bonds is 7. The molecule has 0 aliphatic carbocycles. The van der Waals surface area contributed by atoms with Gasteiger partial charge in [-0.1, -0.05) is 71.1 Å². The third-order valence-corrected chi connectivity index (χ3v) is 7.93. The lowest BCUT2D eigenvalue weighted by molar-refractivity contribution is 0.102. The Balaban J connectivity index is 1.50. The first-order valence-corrected chi connectivity index (χ1v) is 12.6. The Bertz CT molecular complexity index is 1340. The molecule has 0 atom stereocenters. The maximum Gasteiger partial charge on any atom is 0.291 e. The average Bonchev–Trinajstić information content (AvgIpc) is 3.26. The fraction of sp³-hybridized carbons (Fsp3) is 0.0455. The fourth-order valence-corrected chi connectivity index (χ4v) is 5.65. The van der Waals surface area contributed by atoms with E-state index in [1.54, 1.807) is 24.3 Å². The maximum absolute atomic E-state index is 12.9. The number of sulfonamides is 1. The number of para-hydroxylation sites is 1. The van der Waals surface area contributed by atoms with E-state index in [1.165, 1.54) is 11.8 Å². The molecule has 0 saturated carbocycles. The van der Waals surface area contributed by atoms with Crippen LogP contribution in [0.4, 0.5) is 10.8 Å². The Morgan fingerprint density at radius 2 is 1.59 bits per heavy atom. The zero-order chi connectivity index (χ0) is 22.6. The summed E-state index contributed by atoms with van der Waals surface area (Å²) in [7, 11) is -3.98. The normalized spacial score (nSPS) is 11.2. The number of benzene rings is 3. The van der Waals surface area contributed by atoms with Gasteiger partial charge >= 0.3 is 0 Å². The van der Waals surface area contributed by atoms with Crippen LogP contribution in [0.25, 0.3) is 0 Å². The Morgan fingerprint density at radius 3 is 2.34 bits per heavy atom. The minimum Gasteiger partial charge on any atom is -0.296 e. The summed E-state index contributed by atoms with van der Waals surface area (Å²) in [6.45, 7) is 1.92. The van der Waals surface area contributed by atoms with Gasteiger partial charge in [0.15, 0.2) is 0 Å². The monoisotopic (exact) mass is 482 g/mol. The zero-order valence-electron chi connectivity index (χ0n) is 16.8. The van der Waals surface area contributed by atoms with Crippen LogP contribution in [0.2, 0.25) is 0 Å². The molecular weight excluding hydrogens is 464 g/mol. The van der Waals surface area contributed by atoms with E-state index in [1.807, 2.05) is 61.5 Å². The molecule has 0 aliphatic rings. The highest BCUT2D eigenvalue weighted by atomic mass is 32.2. The summed E-state index contributed by atoms with van der Waals surface area (Å²) >= 11 is 2.23. The number of carbonyl (C=O) groups is 1. The summed E-state index contributed by atoms with van der Waals surface area (Å²) < 4.78 is 28.1. The largest absolute Gasteiger partial charge is 0.296 e. The molecule has 162 valence electrons. The van der Waals surface area contributed by atoms with Crippen molar-refractivity contribution in [1.29, 1.82) is 0 Å². The summed E-state index contributed by atoms with van der Waals surface area (Å²) in [6.07, 6.45) is 0. The third kappa shape index (κ3) is 5.34. The lowest BCUT2D eigenvalue weighted by Crippen LogP contribution is -2.13. The van der Waals surface area contributed by atoms with Gasteiger partial charge < -0.3 is 0 Å². The minimum atomic E-state index is -3.98. The highest BCUT2D eigenvalue weighted by Crippen LogP contribution is 2.34. The number of hydrogen-bond donors (Lipinski definition) is 2. The first kappa shape index (κ1) is 22.0. The molecule has 2 N–H and O–H groups in total. The van der Waals surface area contributed by atoms with Crippen molar-refractivity contribution >= 4 is 49.8 Å². The summed E-state index contributed by atoms with van der Waals surface area (Å²) in [5, 5.41) is 10.3. The van der Waals surface area contributed by atoms with Crippen molar-refractivity contribution in [3.8, 4) is 0 Å². The van der Waals surface area contributed by atoms with Crippen molar-refractivity contribution in [3.05, 3.63) is 90.0 Å². The molecule has 1 heterocycles. The molecule has 3 aromatic carbocycles. The molecule has 4 aromatic rings. The molecule has 10 heteroatoms. The first-order valence-electron chi connectivity index (χ1n) is 9.47. The summed E-state index contributed by atoms with van der Waals surface area (Å²) in [5.74, 6) is -0.386. The highest BCUT2D eigenvalue weighted by molar-refractivity contribution is 7.99. The van der Waals surface area contributed by atoms with Crippen LogP contribution in [0.15, 0.2) is 93.0 Å². The van der Waals surface area contributed by atoms with E-state index in [-0.39, 0.29) is 15.4 Å². The molecule has 7 nitrogen and oxygen atoms in total. The molecule has 0 spiro atoms. The lowest BCUT2D eigenvalue weighted by atomic mass is 10.1. The molecule has 4 rings (SSSR count). The Morgan fingerprint density at radius 1 is 0.906 bits per heavy atom. The van der Waals surface area contributed by atoms with Gasteiger partial charge in [0.25, 0.3) is 20.3 Å². The highest BCUT2D eigenvalue weighted by Gasteiger charge is 2.22. The molecule has 0 fully saturated rings. The van der Waals surface area contributed by atoms with Crippen LogP contribution in [0, 0.1) is 6.92 Å². The molecule has 32 heavy (non-hydrogen) atoms. The van der Waals surface area contributed by atoms with Gasteiger partial charge in [-0.2, -0.15) is 8.42 Å². The van der Waals surface area contributed by atoms with Crippen LogP contribution >= 0.6 is 23.1 Å². The van der Waals surface area contributed by atoms with E-state index in [0.717, 1.165) is 26.7 Å². The molecule has 0 unspecified atom stereocenters. The van der Waals surface area contributed by atoms with Gasteiger partial charge in [0.05, 0.1) is 5.69 Å². The van der Waals surface area contributed by atoms with Gasteiger partial charge in [-0.25, -0.2) is 0 Å². The Hall–Kier alpha value is -3.21. The summed E-state index contributed by atoms with van der Waals surface area (Å²) in [5.41, 5.74) is 1.91. The van der Waals surface area contributed by atoms with Crippen molar-refractivity contribution in [1.82, 2.24) is 10.2 Å². The van der Waals surface area contributed by atoms with Crippen LogP contribution in [0.5, 0.6) is 0 Å². The topological polar surface area (TPSA) is 101 Å². The maximum atomic E-state index is 12.9. The van der Waals surface area contributed by atoms with E-state index in [2.05, 4.69) is 20.2 Å². The second-order valence-electron chi connectivity index (χ2n) is 6.71. The molecule has 0 aliphatic heterocycles. The molecule has 0 bridgehead atoms. The average molecular weight is 483 g/mol. The van der Waals surface area contributed by atoms with Crippen LogP contribution in [0.3, 0.4) is 0 Å². The Kier molecular flexibility index (Phi) is 6.54. The van der Waals surface area contributed by atoms with Crippen molar-refractivity contribution in [2.45, 2.75) is 21.1 Å². The quantitative estimate of drug-likeness (QED) is 0.358. The predicted molar refractivity (Wildman–Crippen MR) is 127 cm³/mol. The van der Waals surface area contributed by atoms with Crippen LogP contribution in [-0.2, 0) is 10.0 Å². The number of hydrogen-bond acceptors (Lipinski definition) is 7. The standard InChI is InChI=1S/C22H18N4O3S3/c1-15-11-13-16(14-12-15)20(27)23-21-24-25-22(31-21)32(28,29)26-18-9-5-6-10-19(18)30-17-7-3-2-4-8-17/h2-14,26H,1H3,(H,23,24,27). The van der Waals surface area contributed by atoms with Crippen LogP contribution in [-0.4, -0.2) is 24.5 Å². The summed E-state index contributed by atoms with van der Waals surface area (Å²) in [6, 6.07) is 23.8. The van der Waals surface area contributed by atoms with E-state index >= 15 is 0 Å². The molecule has 0 radical (unpaired) electrons. The fourth-order valence-electron chi connectivity index (χ4n) is 2.69. The van der Waals surface area contributed by atoms with Gasteiger partial charge in [0.2, 0.25) is 5.13 Å². The van der Waals surface area contributed by atoms with Crippen molar-refractivity contribution in [2.75, 3.05) is 10.0 Å². The number of nitrogens with zero attached hydrogens (tertiary/aromatic N) is 2. The number of anilines is 2. The van der Waals surface area contributed by atoms with Crippen LogP contribution in [0.1, 0.15) is 15.9 Å². The number of amides is 1. The number of nitrogens with one attached hydrogen (secondary N) is 2. The number of carbonyl (C=O) groups excluding carboxylic acids is 1. The smallest absolute Gasteiger partial charge is 0.291 e. The van der Waals surface area contributed by atoms with Crippen molar-refractivity contribution in [3.63, 3.8) is 0 Å². The number of aromatic nitrogens is 2. The van der Waals surface area contributed by atoms with E-state index in [4.69, 9.17) is 0 Å². The third-order valence-electron chi connectivity index (χ3n) is 4.27. The van der Waals surface area contributed by atoms with Gasteiger partial charge in [0.1, 0.15) is 0 Å². The predicted octanol–water partition coefficient (Wildman–Crippen LogP) is 5.05. The second kappa shape index (κ2) is 9.51. The van der Waals surface area contributed by atoms with E-state index < -0.39 is 10.0 Å². The van der Waals surface area contributed by atoms with E-state index in [0.29, 0.717) is 11.3 Å². The molecular formula is C22H18N4O3S3. The number of aryl methyl sites for hydroxylation is 1. The second-order valence-corrected chi connectivity index (χ2v) is 10.7. The zero-order valence-corrected chi connectivity index (χ0v) is 19.3. The van der Waals surface area contributed by atoms with Gasteiger partial charge in [-0.05, 0) is 43.3 Å². The van der Waals surface area contributed by atoms with Gasteiger partial charge in [-0.15, -0.1) is 10.2 Å². The molecule has 1 aromatic heterocycles. The van der Waals surface area contributed by atoms with Crippen LogP contribution < -0.4 is 10.0 Å².